The average Bonchev–Trinajstić information content (AvgIpc) is 2.89. The molecule has 1 aromatic heterocycles. The summed E-state index contributed by atoms with van der Waals surface area (Å²) in [5.41, 5.74) is 0. The Morgan fingerprint density at radius 3 is 2.89 bits per heavy atom. The summed E-state index contributed by atoms with van der Waals surface area (Å²) in [6, 6.07) is 3.61. The van der Waals surface area contributed by atoms with Crippen molar-refractivity contribution in [3.63, 3.8) is 0 Å². The Balaban J connectivity index is 0.00000180. The summed E-state index contributed by atoms with van der Waals surface area (Å²) in [7, 11) is 0. The largest absolute Gasteiger partial charge is 0.478 e. The summed E-state index contributed by atoms with van der Waals surface area (Å²) >= 11 is 7.78. The van der Waals surface area contributed by atoms with Crippen LogP contribution in [0.4, 0.5) is 0 Å². The van der Waals surface area contributed by atoms with Gasteiger partial charge in [-0.05, 0) is 31.9 Å². The molecule has 2 rings (SSSR count). The number of pyridine rings is 1. The molecule has 0 radical (unpaired) electrons. The first-order chi connectivity index (χ1) is 8.84. The van der Waals surface area contributed by atoms with Gasteiger partial charge in [0.05, 0.1) is 11.6 Å². The monoisotopic (exact) mass is 322 g/mol. The lowest BCUT2D eigenvalue weighted by Gasteiger charge is -2.12. The van der Waals surface area contributed by atoms with Crippen molar-refractivity contribution < 1.29 is 4.74 Å². The minimum atomic E-state index is 0. The van der Waals surface area contributed by atoms with E-state index in [1.165, 1.54) is 37.6 Å². The van der Waals surface area contributed by atoms with Crippen molar-refractivity contribution in [3.8, 4) is 5.88 Å². The molecule has 0 atom stereocenters. The van der Waals surface area contributed by atoms with Crippen molar-refractivity contribution in [2.45, 2.75) is 19.3 Å². The first kappa shape index (κ1) is 16.9. The zero-order chi connectivity index (χ0) is 12.6. The Bertz CT molecular complexity index is 345. The number of ether oxygens (including phenoxy) is 1. The van der Waals surface area contributed by atoms with E-state index >= 15 is 0 Å². The molecule has 0 bridgehead atoms. The summed E-state index contributed by atoms with van der Waals surface area (Å²) in [6.07, 6.45) is 5.18. The average molecular weight is 323 g/mol. The minimum absolute atomic E-state index is 0. The Morgan fingerprint density at radius 2 is 2.21 bits per heavy atom. The minimum Gasteiger partial charge on any atom is -0.478 e. The van der Waals surface area contributed by atoms with Gasteiger partial charge >= 0.3 is 0 Å². The molecule has 0 aromatic carbocycles. The molecular weight excluding hydrogens is 303 g/mol. The summed E-state index contributed by atoms with van der Waals surface area (Å²) in [5, 5.41) is 0.644. The summed E-state index contributed by atoms with van der Waals surface area (Å²) in [4.78, 5) is 6.61. The van der Waals surface area contributed by atoms with Crippen LogP contribution in [0.2, 0.25) is 5.02 Å². The molecule has 2 heterocycles. The molecule has 1 aliphatic rings. The van der Waals surface area contributed by atoms with Gasteiger partial charge in [0.2, 0.25) is 5.88 Å². The summed E-state index contributed by atoms with van der Waals surface area (Å²) in [6.45, 7) is 3.23. The predicted octanol–water partition coefficient (Wildman–Crippen LogP) is 3.71. The van der Waals surface area contributed by atoms with Gasteiger partial charge in [0.15, 0.2) is 0 Å². The van der Waals surface area contributed by atoms with E-state index < -0.39 is 0 Å². The third kappa shape index (κ3) is 6.70. The van der Waals surface area contributed by atoms with Gasteiger partial charge in [-0.15, -0.1) is 24.2 Å². The van der Waals surface area contributed by atoms with Gasteiger partial charge in [-0.1, -0.05) is 11.6 Å². The number of unbranched alkanes of at least 4 members (excludes halogenated alkanes) is 2. The lowest BCUT2D eigenvalue weighted by Crippen LogP contribution is -2.20. The fraction of sp³-hybridized carbons (Fsp3) is 0.615. The van der Waals surface area contributed by atoms with Crippen LogP contribution in [-0.4, -0.2) is 41.2 Å². The highest BCUT2D eigenvalue weighted by Gasteiger charge is 2.10. The molecule has 0 amide bonds. The molecule has 1 saturated heterocycles. The first-order valence-electron chi connectivity index (χ1n) is 6.39. The number of halogens is 2. The number of aromatic nitrogens is 1. The smallest absolute Gasteiger partial charge is 0.213 e. The summed E-state index contributed by atoms with van der Waals surface area (Å²) < 4.78 is 5.55. The normalized spacial score (nSPS) is 15.2. The maximum atomic E-state index is 5.75. The molecule has 0 N–H and O–H groups in total. The number of nitrogens with zero attached hydrogens (tertiary/aromatic N) is 2. The molecule has 1 fully saturated rings. The van der Waals surface area contributed by atoms with E-state index in [1.807, 2.05) is 17.8 Å². The molecule has 108 valence electrons. The molecule has 0 spiro atoms. The molecule has 0 saturated carbocycles. The predicted molar refractivity (Wildman–Crippen MR) is 84.7 cm³/mol. The second kappa shape index (κ2) is 9.70. The fourth-order valence-electron chi connectivity index (χ4n) is 1.87. The second-order valence-corrected chi connectivity index (χ2v) is 5.89. The standard InChI is InChI=1S/C13H19ClN2OS.ClH/c14-12-4-5-13(15-10-12)17-8-3-1-2-6-16-7-9-18-11-16;/h4-5,10H,1-3,6-9,11H2;1H. The molecule has 0 unspecified atom stereocenters. The van der Waals surface area contributed by atoms with Gasteiger partial charge in [-0.25, -0.2) is 4.98 Å². The SMILES string of the molecule is Cl.Clc1ccc(OCCCCCN2CCSC2)nc1. The maximum absolute atomic E-state index is 5.75. The highest BCUT2D eigenvalue weighted by molar-refractivity contribution is 7.99. The zero-order valence-electron chi connectivity index (χ0n) is 10.9. The fourth-order valence-corrected chi connectivity index (χ4v) is 3.01. The molecule has 3 nitrogen and oxygen atoms in total. The molecule has 1 aromatic rings. The molecule has 0 aliphatic carbocycles. The van der Waals surface area contributed by atoms with Gasteiger partial charge < -0.3 is 4.74 Å². The third-order valence-electron chi connectivity index (χ3n) is 2.89. The van der Waals surface area contributed by atoms with Gasteiger partial charge in [0.25, 0.3) is 0 Å². The van der Waals surface area contributed by atoms with E-state index in [2.05, 4.69) is 9.88 Å². The van der Waals surface area contributed by atoms with Crippen LogP contribution in [-0.2, 0) is 0 Å². The van der Waals surface area contributed by atoms with Gasteiger partial charge in [-0.2, -0.15) is 0 Å². The molecule has 19 heavy (non-hydrogen) atoms. The topological polar surface area (TPSA) is 25.4 Å². The molecule has 1 aliphatic heterocycles. The highest BCUT2D eigenvalue weighted by atomic mass is 35.5. The van der Waals surface area contributed by atoms with Gasteiger partial charge in [0.1, 0.15) is 0 Å². The van der Waals surface area contributed by atoms with E-state index in [0.717, 1.165) is 13.0 Å². The first-order valence-corrected chi connectivity index (χ1v) is 7.92. The quantitative estimate of drug-likeness (QED) is 0.714. The van der Waals surface area contributed by atoms with E-state index in [1.54, 1.807) is 12.3 Å². The third-order valence-corrected chi connectivity index (χ3v) is 4.14. The van der Waals surface area contributed by atoms with Crippen molar-refractivity contribution in [3.05, 3.63) is 23.4 Å². The van der Waals surface area contributed by atoms with Gasteiger partial charge in [0, 0.05) is 30.4 Å². The van der Waals surface area contributed by atoms with Crippen LogP contribution < -0.4 is 4.74 Å². The number of thioether (sulfide) groups is 1. The van der Waals surface area contributed by atoms with Crippen molar-refractivity contribution in [1.82, 2.24) is 9.88 Å². The van der Waals surface area contributed by atoms with Crippen molar-refractivity contribution in [2.75, 3.05) is 31.3 Å². The van der Waals surface area contributed by atoms with Crippen LogP contribution in [0.15, 0.2) is 18.3 Å². The number of hydrogen-bond acceptors (Lipinski definition) is 4. The Kier molecular flexibility index (Phi) is 8.62. The van der Waals surface area contributed by atoms with Crippen LogP contribution in [0.25, 0.3) is 0 Å². The lowest BCUT2D eigenvalue weighted by molar-refractivity contribution is 0.285. The zero-order valence-corrected chi connectivity index (χ0v) is 13.3. The van der Waals surface area contributed by atoms with Crippen LogP contribution >= 0.6 is 35.8 Å². The van der Waals surface area contributed by atoms with Crippen molar-refractivity contribution in [1.29, 1.82) is 0 Å². The van der Waals surface area contributed by atoms with E-state index in [-0.39, 0.29) is 12.4 Å². The van der Waals surface area contributed by atoms with Crippen LogP contribution in [0, 0.1) is 0 Å². The Morgan fingerprint density at radius 1 is 1.32 bits per heavy atom. The van der Waals surface area contributed by atoms with E-state index in [9.17, 15) is 0 Å². The van der Waals surface area contributed by atoms with Crippen LogP contribution in [0.1, 0.15) is 19.3 Å². The molecule has 6 heteroatoms. The van der Waals surface area contributed by atoms with E-state index in [4.69, 9.17) is 16.3 Å². The summed E-state index contributed by atoms with van der Waals surface area (Å²) in [5.74, 6) is 3.17. The molecular formula is C13H20Cl2N2OS. The Labute approximate surface area is 130 Å². The van der Waals surface area contributed by atoms with Crippen LogP contribution in [0.5, 0.6) is 5.88 Å². The number of hydrogen-bond donors (Lipinski definition) is 0. The van der Waals surface area contributed by atoms with E-state index in [0.29, 0.717) is 10.9 Å². The number of rotatable bonds is 7. The van der Waals surface area contributed by atoms with Crippen LogP contribution in [0.3, 0.4) is 0 Å². The second-order valence-electron chi connectivity index (χ2n) is 4.38. The van der Waals surface area contributed by atoms with Crippen molar-refractivity contribution in [2.24, 2.45) is 0 Å². The Hall–Kier alpha value is -0.160. The lowest BCUT2D eigenvalue weighted by atomic mass is 10.2. The van der Waals surface area contributed by atoms with Crippen molar-refractivity contribution >= 4 is 35.8 Å². The maximum Gasteiger partial charge on any atom is 0.213 e. The highest BCUT2D eigenvalue weighted by Crippen LogP contribution is 2.14. The van der Waals surface area contributed by atoms with Gasteiger partial charge in [-0.3, -0.25) is 4.90 Å².